The summed E-state index contributed by atoms with van der Waals surface area (Å²) in [6.07, 6.45) is 1.38. The minimum atomic E-state index is -3.51. The van der Waals surface area contributed by atoms with E-state index in [0.717, 1.165) is 22.9 Å². The molecule has 8 heteroatoms. The lowest BCUT2D eigenvalue weighted by atomic mass is 10.1. The zero-order valence-electron chi connectivity index (χ0n) is 19.2. The maximum atomic E-state index is 12.6. The molecule has 33 heavy (non-hydrogen) atoms. The van der Waals surface area contributed by atoms with Crippen LogP contribution in [0.3, 0.4) is 0 Å². The summed E-state index contributed by atoms with van der Waals surface area (Å²) in [5.41, 5.74) is 2.48. The fourth-order valence-electron chi connectivity index (χ4n) is 3.63. The Morgan fingerprint density at radius 3 is 2.27 bits per heavy atom. The van der Waals surface area contributed by atoms with Crippen LogP contribution < -0.4 is 5.63 Å². The molecular weight excluding hydrogens is 442 g/mol. The van der Waals surface area contributed by atoms with Gasteiger partial charge in [0.25, 0.3) is 0 Å². The smallest absolute Gasteiger partial charge is 0.336 e. The molecule has 0 aliphatic carbocycles. The van der Waals surface area contributed by atoms with Gasteiger partial charge in [-0.15, -0.1) is 0 Å². The lowest BCUT2D eigenvalue weighted by Gasteiger charge is -2.18. The van der Waals surface area contributed by atoms with Gasteiger partial charge in [0.1, 0.15) is 12.2 Å². The maximum Gasteiger partial charge on any atom is 0.336 e. The summed E-state index contributed by atoms with van der Waals surface area (Å²) in [6.45, 7) is 6.41. The lowest BCUT2D eigenvalue weighted by Crippen LogP contribution is -2.30. The van der Waals surface area contributed by atoms with Crippen molar-refractivity contribution in [1.29, 1.82) is 0 Å². The monoisotopic (exact) mass is 471 g/mol. The largest absolute Gasteiger partial charge is 0.461 e. The number of sulfonamides is 1. The Morgan fingerprint density at radius 2 is 1.64 bits per heavy atom. The van der Waals surface area contributed by atoms with Gasteiger partial charge in [-0.2, -0.15) is 4.31 Å². The third-order valence-corrected chi connectivity index (χ3v) is 7.64. The van der Waals surface area contributed by atoms with Crippen LogP contribution in [0, 0.1) is 0 Å². The Hall–Kier alpha value is -2.97. The van der Waals surface area contributed by atoms with Crippen LogP contribution in [0.25, 0.3) is 11.0 Å². The average molecular weight is 472 g/mol. The Morgan fingerprint density at radius 1 is 0.970 bits per heavy atom. The summed E-state index contributed by atoms with van der Waals surface area (Å²) in [7, 11) is -3.51. The van der Waals surface area contributed by atoms with Crippen molar-refractivity contribution in [3.63, 3.8) is 0 Å². The van der Waals surface area contributed by atoms with Gasteiger partial charge in [-0.3, -0.25) is 4.79 Å². The van der Waals surface area contributed by atoms with E-state index in [2.05, 4.69) is 0 Å². The Balaban J connectivity index is 1.61. The van der Waals surface area contributed by atoms with Crippen molar-refractivity contribution >= 4 is 27.0 Å². The highest BCUT2D eigenvalue weighted by atomic mass is 32.2. The lowest BCUT2D eigenvalue weighted by molar-refractivity contribution is -0.144. The van der Waals surface area contributed by atoms with Gasteiger partial charge in [0, 0.05) is 36.5 Å². The topological polar surface area (TPSA) is 93.9 Å². The van der Waals surface area contributed by atoms with Gasteiger partial charge >= 0.3 is 11.6 Å². The van der Waals surface area contributed by atoms with Crippen molar-refractivity contribution in [2.75, 3.05) is 13.1 Å². The molecule has 0 unspecified atom stereocenters. The molecule has 7 nitrogen and oxygen atoms in total. The number of ether oxygens (including phenoxy) is 1. The number of hydrogen-bond donors (Lipinski definition) is 0. The van der Waals surface area contributed by atoms with Crippen LogP contribution >= 0.6 is 0 Å². The van der Waals surface area contributed by atoms with Crippen molar-refractivity contribution < 1.29 is 22.4 Å². The SMILES string of the molecule is CCc1ccc2c(COC(=O)CCc3ccc(S(=O)(=O)N(CC)CC)cc3)cc(=O)oc2c1. The van der Waals surface area contributed by atoms with E-state index in [1.807, 2.05) is 25.1 Å². The molecule has 1 aromatic heterocycles. The molecule has 176 valence electrons. The Labute approximate surface area is 194 Å². The van der Waals surface area contributed by atoms with E-state index in [9.17, 15) is 18.0 Å². The van der Waals surface area contributed by atoms with Crippen LogP contribution in [0.2, 0.25) is 0 Å². The molecule has 0 atom stereocenters. The van der Waals surface area contributed by atoms with Gasteiger partial charge in [0.05, 0.1) is 4.90 Å². The molecule has 0 saturated carbocycles. The normalized spacial score (nSPS) is 11.8. The standard InChI is InChI=1S/C25H29NO6S/c1-4-18-9-13-22-20(16-25(28)32-23(22)15-18)17-31-24(27)14-10-19-7-11-21(12-8-19)33(29,30)26(5-2)6-3/h7-9,11-13,15-16H,4-6,10,14,17H2,1-3H3. The van der Waals surface area contributed by atoms with Crippen LogP contribution in [0.4, 0.5) is 0 Å². The van der Waals surface area contributed by atoms with Crippen molar-refractivity contribution in [2.45, 2.75) is 51.5 Å². The molecule has 0 bridgehead atoms. The molecule has 3 aromatic rings. The van der Waals surface area contributed by atoms with Gasteiger partial charge in [-0.1, -0.05) is 45.0 Å². The second-order valence-electron chi connectivity index (χ2n) is 7.67. The minimum Gasteiger partial charge on any atom is -0.461 e. The van der Waals surface area contributed by atoms with Crippen LogP contribution in [-0.2, 0) is 39.0 Å². The number of nitrogens with zero attached hydrogens (tertiary/aromatic N) is 1. The zero-order valence-corrected chi connectivity index (χ0v) is 20.0. The van der Waals surface area contributed by atoms with Gasteiger partial charge in [-0.25, -0.2) is 13.2 Å². The molecular formula is C25H29NO6S. The number of esters is 1. The molecule has 0 fully saturated rings. The average Bonchev–Trinajstić information content (AvgIpc) is 2.81. The summed E-state index contributed by atoms with van der Waals surface area (Å²) in [6, 6.07) is 13.5. The van der Waals surface area contributed by atoms with E-state index in [4.69, 9.17) is 9.15 Å². The van der Waals surface area contributed by atoms with Crippen LogP contribution in [0.5, 0.6) is 0 Å². The summed E-state index contributed by atoms with van der Waals surface area (Å²) >= 11 is 0. The fourth-order valence-corrected chi connectivity index (χ4v) is 5.09. The first-order valence-electron chi connectivity index (χ1n) is 11.1. The van der Waals surface area contributed by atoms with E-state index in [-0.39, 0.29) is 17.9 Å². The van der Waals surface area contributed by atoms with E-state index in [1.54, 1.807) is 38.1 Å². The summed E-state index contributed by atoms with van der Waals surface area (Å²) < 4.78 is 37.2. The fraction of sp³-hybridized carbons (Fsp3) is 0.360. The second kappa shape index (κ2) is 10.8. The molecule has 0 aliphatic heterocycles. The van der Waals surface area contributed by atoms with E-state index < -0.39 is 21.6 Å². The van der Waals surface area contributed by atoms with E-state index in [0.29, 0.717) is 30.7 Å². The van der Waals surface area contributed by atoms with E-state index in [1.165, 1.54) is 10.4 Å². The molecule has 0 spiro atoms. The molecule has 0 saturated heterocycles. The third kappa shape index (κ3) is 5.89. The van der Waals surface area contributed by atoms with Crippen LogP contribution in [-0.4, -0.2) is 31.8 Å². The highest BCUT2D eigenvalue weighted by Crippen LogP contribution is 2.20. The highest BCUT2D eigenvalue weighted by molar-refractivity contribution is 7.89. The Kier molecular flexibility index (Phi) is 8.05. The molecule has 0 aliphatic rings. The first-order chi connectivity index (χ1) is 15.8. The minimum absolute atomic E-state index is 0.0204. The summed E-state index contributed by atoms with van der Waals surface area (Å²) in [4.78, 5) is 24.4. The molecule has 2 aromatic carbocycles. The predicted molar refractivity (Wildman–Crippen MR) is 127 cm³/mol. The van der Waals surface area contributed by atoms with Gasteiger partial charge in [0.2, 0.25) is 10.0 Å². The predicted octanol–water partition coefficient (Wildman–Crippen LogP) is 4.06. The number of fused-ring (bicyclic) bond motifs is 1. The first kappa shape index (κ1) is 24.7. The van der Waals surface area contributed by atoms with Crippen LogP contribution in [0.1, 0.15) is 43.9 Å². The summed E-state index contributed by atoms with van der Waals surface area (Å²) in [5.74, 6) is -0.401. The van der Waals surface area contributed by atoms with Gasteiger partial charge in [-0.05, 0) is 42.2 Å². The zero-order chi connectivity index (χ0) is 24.0. The van der Waals surface area contributed by atoms with Crippen molar-refractivity contribution in [2.24, 2.45) is 0 Å². The summed E-state index contributed by atoms with van der Waals surface area (Å²) in [5, 5.41) is 0.740. The second-order valence-corrected chi connectivity index (χ2v) is 9.61. The van der Waals surface area contributed by atoms with E-state index >= 15 is 0 Å². The molecule has 0 N–H and O–H groups in total. The molecule has 0 radical (unpaired) electrons. The quantitative estimate of drug-likeness (QED) is 0.327. The maximum absolute atomic E-state index is 12.6. The number of aryl methyl sites for hydroxylation is 2. The number of rotatable bonds is 10. The Bertz CT molecular complexity index is 1270. The van der Waals surface area contributed by atoms with Crippen LogP contribution in [0.15, 0.2) is 62.6 Å². The number of benzene rings is 2. The third-order valence-electron chi connectivity index (χ3n) is 5.58. The molecule has 3 rings (SSSR count). The highest BCUT2D eigenvalue weighted by Gasteiger charge is 2.21. The molecule has 0 amide bonds. The van der Waals surface area contributed by atoms with Crippen molar-refractivity contribution in [3.05, 3.63) is 75.6 Å². The number of hydrogen-bond acceptors (Lipinski definition) is 6. The van der Waals surface area contributed by atoms with Gasteiger partial charge < -0.3 is 9.15 Å². The van der Waals surface area contributed by atoms with Crippen molar-refractivity contribution in [1.82, 2.24) is 4.31 Å². The number of carbonyl (C=O) groups is 1. The van der Waals surface area contributed by atoms with Crippen molar-refractivity contribution in [3.8, 4) is 0 Å². The van der Waals surface area contributed by atoms with Gasteiger partial charge in [0.15, 0.2) is 0 Å². The molecule has 1 heterocycles. The first-order valence-corrected chi connectivity index (χ1v) is 12.5. The number of carbonyl (C=O) groups excluding carboxylic acids is 1.